The molecule has 0 atom stereocenters. The van der Waals surface area contributed by atoms with E-state index in [9.17, 15) is 0 Å². The standard InChI is InChI=1S/C18H14N2S/c1-20-15-9-2-3-10-16(15)21-17-11-6-7-13(18(17)20)14-8-4-5-12-19-14/h2-12H,1H3. The highest BCUT2D eigenvalue weighted by Crippen LogP contribution is 2.50. The number of fused-ring (bicyclic) bond motifs is 2. The fourth-order valence-electron chi connectivity index (χ4n) is 2.74. The summed E-state index contributed by atoms with van der Waals surface area (Å²) >= 11 is 1.83. The van der Waals surface area contributed by atoms with Gasteiger partial charge in [0.25, 0.3) is 0 Å². The molecule has 1 aliphatic rings. The third kappa shape index (κ3) is 2.01. The molecule has 0 amide bonds. The minimum Gasteiger partial charge on any atom is -0.342 e. The summed E-state index contributed by atoms with van der Waals surface area (Å²) in [5.41, 5.74) is 4.68. The summed E-state index contributed by atoms with van der Waals surface area (Å²) in [6, 6.07) is 21.0. The van der Waals surface area contributed by atoms with Crippen LogP contribution in [0.25, 0.3) is 11.3 Å². The van der Waals surface area contributed by atoms with E-state index in [4.69, 9.17) is 0 Å². The lowest BCUT2D eigenvalue weighted by atomic mass is 10.1. The predicted molar refractivity (Wildman–Crippen MR) is 88.3 cm³/mol. The van der Waals surface area contributed by atoms with Crippen molar-refractivity contribution in [2.75, 3.05) is 11.9 Å². The summed E-state index contributed by atoms with van der Waals surface area (Å²) in [4.78, 5) is 9.35. The van der Waals surface area contributed by atoms with Gasteiger partial charge in [-0.3, -0.25) is 4.98 Å². The van der Waals surface area contributed by atoms with E-state index in [2.05, 4.69) is 65.5 Å². The number of benzene rings is 2. The lowest BCUT2D eigenvalue weighted by Gasteiger charge is -2.31. The van der Waals surface area contributed by atoms with E-state index in [1.807, 2.05) is 30.1 Å². The van der Waals surface area contributed by atoms with Crippen molar-refractivity contribution in [3.05, 3.63) is 66.9 Å². The summed E-state index contributed by atoms with van der Waals surface area (Å²) in [5, 5.41) is 0. The van der Waals surface area contributed by atoms with Gasteiger partial charge >= 0.3 is 0 Å². The van der Waals surface area contributed by atoms with Gasteiger partial charge in [-0.25, -0.2) is 0 Å². The summed E-state index contributed by atoms with van der Waals surface area (Å²) in [7, 11) is 2.13. The monoisotopic (exact) mass is 290 g/mol. The van der Waals surface area contributed by atoms with Gasteiger partial charge in [0.05, 0.1) is 17.1 Å². The Kier molecular flexibility index (Phi) is 2.93. The van der Waals surface area contributed by atoms with Crippen LogP contribution in [0.15, 0.2) is 76.7 Å². The van der Waals surface area contributed by atoms with Crippen LogP contribution >= 0.6 is 11.8 Å². The van der Waals surface area contributed by atoms with Crippen molar-refractivity contribution in [3.8, 4) is 11.3 Å². The van der Waals surface area contributed by atoms with Gasteiger partial charge < -0.3 is 4.90 Å². The van der Waals surface area contributed by atoms with Crippen LogP contribution in [0.4, 0.5) is 11.4 Å². The highest BCUT2D eigenvalue weighted by atomic mass is 32.2. The zero-order valence-electron chi connectivity index (χ0n) is 11.7. The Bertz CT molecular complexity index is 799. The molecule has 0 fully saturated rings. The number of anilines is 2. The quantitative estimate of drug-likeness (QED) is 0.628. The van der Waals surface area contributed by atoms with Gasteiger partial charge in [-0.2, -0.15) is 0 Å². The topological polar surface area (TPSA) is 16.1 Å². The third-order valence-electron chi connectivity index (χ3n) is 3.72. The fourth-order valence-corrected chi connectivity index (χ4v) is 3.92. The molecule has 0 aliphatic carbocycles. The Morgan fingerprint density at radius 3 is 2.52 bits per heavy atom. The summed E-state index contributed by atoms with van der Waals surface area (Å²) in [6.45, 7) is 0. The second kappa shape index (κ2) is 4.93. The SMILES string of the molecule is CN1c2ccccc2Sc2cccc(-c3ccccn3)c21. The Morgan fingerprint density at radius 1 is 0.857 bits per heavy atom. The smallest absolute Gasteiger partial charge is 0.0723 e. The van der Waals surface area contributed by atoms with Crippen LogP contribution in [0.5, 0.6) is 0 Å². The second-order valence-electron chi connectivity index (χ2n) is 5.00. The van der Waals surface area contributed by atoms with E-state index >= 15 is 0 Å². The largest absolute Gasteiger partial charge is 0.342 e. The Labute approximate surface area is 128 Å². The van der Waals surface area contributed by atoms with Crippen molar-refractivity contribution in [2.45, 2.75) is 9.79 Å². The normalized spacial score (nSPS) is 12.7. The number of hydrogen-bond acceptors (Lipinski definition) is 3. The highest BCUT2D eigenvalue weighted by molar-refractivity contribution is 7.99. The number of para-hydroxylation sites is 2. The van der Waals surface area contributed by atoms with E-state index < -0.39 is 0 Å². The molecule has 0 unspecified atom stereocenters. The molecule has 0 radical (unpaired) electrons. The number of hydrogen-bond donors (Lipinski definition) is 0. The molecule has 1 aliphatic heterocycles. The van der Waals surface area contributed by atoms with Crippen LogP contribution < -0.4 is 4.90 Å². The first kappa shape index (κ1) is 12.5. The van der Waals surface area contributed by atoms with Gasteiger partial charge in [-0.05, 0) is 30.3 Å². The van der Waals surface area contributed by atoms with Crippen molar-refractivity contribution >= 4 is 23.1 Å². The van der Waals surface area contributed by atoms with E-state index in [1.165, 1.54) is 26.7 Å². The minimum absolute atomic E-state index is 1.01. The van der Waals surface area contributed by atoms with Crippen LogP contribution in [0.3, 0.4) is 0 Å². The Morgan fingerprint density at radius 2 is 1.67 bits per heavy atom. The minimum atomic E-state index is 1.01. The van der Waals surface area contributed by atoms with Crippen molar-refractivity contribution in [1.82, 2.24) is 4.98 Å². The highest BCUT2D eigenvalue weighted by Gasteiger charge is 2.23. The zero-order chi connectivity index (χ0) is 14.2. The maximum absolute atomic E-state index is 4.51. The third-order valence-corrected chi connectivity index (χ3v) is 4.84. The van der Waals surface area contributed by atoms with Gasteiger partial charge in [-0.1, -0.05) is 42.1 Å². The fraction of sp³-hybridized carbons (Fsp3) is 0.0556. The molecular weight excluding hydrogens is 276 g/mol. The second-order valence-corrected chi connectivity index (χ2v) is 6.08. The number of pyridine rings is 1. The van der Waals surface area contributed by atoms with Crippen LogP contribution in [0.1, 0.15) is 0 Å². The first-order chi connectivity index (χ1) is 10.3. The lowest BCUT2D eigenvalue weighted by molar-refractivity contribution is 1.11. The average molecular weight is 290 g/mol. The van der Waals surface area contributed by atoms with Crippen LogP contribution in [0, 0.1) is 0 Å². The van der Waals surface area contributed by atoms with Crippen molar-refractivity contribution in [2.24, 2.45) is 0 Å². The molecule has 3 heteroatoms. The van der Waals surface area contributed by atoms with Crippen molar-refractivity contribution in [3.63, 3.8) is 0 Å². The van der Waals surface area contributed by atoms with Crippen LogP contribution in [-0.2, 0) is 0 Å². The molecule has 0 N–H and O–H groups in total. The van der Waals surface area contributed by atoms with Gasteiger partial charge in [0, 0.05) is 28.6 Å². The summed E-state index contributed by atoms with van der Waals surface area (Å²) < 4.78 is 0. The van der Waals surface area contributed by atoms with Crippen LogP contribution in [0.2, 0.25) is 0 Å². The Hall–Kier alpha value is -2.26. The number of aromatic nitrogens is 1. The molecule has 102 valence electrons. The summed E-state index contributed by atoms with van der Waals surface area (Å²) in [6.07, 6.45) is 1.85. The molecule has 1 aromatic heterocycles. The molecule has 3 aromatic rings. The predicted octanol–water partition coefficient (Wildman–Crippen LogP) is 4.98. The van der Waals surface area contributed by atoms with Gasteiger partial charge in [-0.15, -0.1) is 0 Å². The van der Waals surface area contributed by atoms with Crippen LogP contribution in [-0.4, -0.2) is 12.0 Å². The average Bonchev–Trinajstić information content (AvgIpc) is 2.55. The molecule has 2 aromatic carbocycles. The maximum Gasteiger partial charge on any atom is 0.0723 e. The molecule has 2 heterocycles. The number of nitrogens with zero attached hydrogens (tertiary/aromatic N) is 2. The van der Waals surface area contributed by atoms with E-state index in [0.717, 1.165) is 5.69 Å². The molecule has 4 rings (SSSR count). The first-order valence-electron chi connectivity index (χ1n) is 6.89. The lowest BCUT2D eigenvalue weighted by Crippen LogP contribution is -2.15. The Balaban J connectivity index is 1.93. The summed E-state index contributed by atoms with van der Waals surface area (Å²) in [5.74, 6) is 0. The molecule has 2 nitrogen and oxygen atoms in total. The van der Waals surface area contributed by atoms with E-state index in [0.29, 0.717) is 0 Å². The van der Waals surface area contributed by atoms with E-state index in [-0.39, 0.29) is 0 Å². The van der Waals surface area contributed by atoms with Gasteiger partial charge in [0.2, 0.25) is 0 Å². The maximum atomic E-state index is 4.51. The van der Waals surface area contributed by atoms with Gasteiger partial charge in [0.1, 0.15) is 0 Å². The van der Waals surface area contributed by atoms with E-state index in [1.54, 1.807) is 0 Å². The molecule has 0 bridgehead atoms. The van der Waals surface area contributed by atoms with Crippen molar-refractivity contribution in [1.29, 1.82) is 0 Å². The first-order valence-corrected chi connectivity index (χ1v) is 7.71. The molecule has 21 heavy (non-hydrogen) atoms. The molecule has 0 spiro atoms. The van der Waals surface area contributed by atoms with Gasteiger partial charge in [0.15, 0.2) is 0 Å². The molecule has 0 saturated heterocycles. The molecular formula is C18H14N2S. The number of rotatable bonds is 1. The molecule has 0 saturated carbocycles. The zero-order valence-corrected chi connectivity index (χ0v) is 12.5. The van der Waals surface area contributed by atoms with Crippen molar-refractivity contribution < 1.29 is 0 Å².